The highest BCUT2D eigenvalue weighted by atomic mass is 16.5. The third-order valence-electron chi connectivity index (χ3n) is 2.64. The van der Waals surface area contributed by atoms with Gasteiger partial charge in [-0.3, -0.25) is 0 Å². The van der Waals surface area contributed by atoms with Crippen LogP contribution in [0.5, 0.6) is 0 Å². The highest BCUT2D eigenvalue weighted by Crippen LogP contribution is 2.22. The second kappa shape index (κ2) is 4.40. The lowest BCUT2D eigenvalue weighted by Crippen LogP contribution is -2.13. The molecule has 1 aliphatic rings. The van der Waals surface area contributed by atoms with Gasteiger partial charge in [0.25, 0.3) is 0 Å². The Bertz CT molecular complexity index is 342. The Kier molecular flexibility index (Phi) is 2.97. The fourth-order valence-electron chi connectivity index (χ4n) is 1.81. The molecule has 4 heteroatoms. The van der Waals surface area contributed by atoms with Crippen molar-refractivity contribution < 1.29 is 9.53 Å². The summed E-state index contributed by atoms with van der Waals surface area (Å²) in [7, 11) is 1.36. The van der Waals surface area contributed by atoms with Crippen LogP contribution in [-0.2, 0) is 4.74 Å². The van der Waals surface area contributed by atoms with Crippen LogP contribution in [0.4, 0.5) is 0 Å². The van der Waals surface area contributed by atoms with Crippen LogP contribution < -0.4 is 5.32 Å². The lowest BCUT2D eigenvalue weighted by Gasteiger charge is -2.09. The Balaban J connectivity index is 2.12. The first-order chi connectivity index (χ1) is 7.31. The van der Waals surface area contributed by atoms with E-state index < -0.39 is 0 Å². The lowest BCUT2D eigenvalue weighted by atomic mass is 10.1. The highest BCUT2D eigenvalue weighted by molar-refractivity contribution is 5.86. The number of nitrogens with one attached hydrogen (secondary N) is 1. The number of hydrogen-bond donors (Lipinski definition) is 1. The number of hydrogen-bond acceptors (Lipinski definition) is 4. The minimum absolute atomic E-state index is 0.360. The van der Waals surface area contributed by atoms with Gasteiger partial charge in [-0.15, -0.1) is 0 Å². The molecule has 2 rings (SSSR count). The Morgan fingerprint density at radius 3 is 3.00 bits per heavy atom. The van der Waals surface area contributed by atoms with E-state index in [0.717, 1.165) is 18.5 Å². The van der Waals surface area contributed by atoms with E-state index in [9.17, 15) is 4.79 Å². The van der Waals surface area contributed by atoms with Crippen LogP contribution in [0.25, 0.3) is 0 Å². The van der Waals surface area contributed by atoms with Gasteiger partial charge in [-0.05, 0) is 31.0 Å². The van der Waals surface area contributed by atoms with Gasteiger partial charge in [0.05, 0.1) is 7.11 Å². The molecule has 1 fully saturated rings. The van der Waals surface area contributed by atoms with Crippen molar-refractivity contribution in [3.63, 3.8) is 0 Å². The van der Waals surface area contributed by atoms with Crippen LogP contribution in [0.15, 0.2) is 18.3 Å². The van der Waals surface area contributed by atoms with Crippen LogP contribution in [0.1, 0.15) is 34.9 Å². The molecule has 1 atom stereocenters. The molecule has 1 N–H and O–H groups in total. The van der Waals surface area contributed by atoms with E-state index in [1.165, 1.54) is 13.5 Å². The fraction of sp³-hybridized carbons (Fsp3) is 0.455. The van der Waals surface area contributed by atoms with Crippen LogP contribution in [-0.4, -0.2) is 24.6 Å². The van der Waals surface area contributed by atoms with Gasteiger partial charge in [0, 0.05) is 12.2 Å². The molecule has 0 aliphatic carbocycles. The standard InChI is InChI=1S/C11H14N2O2/c1-15-11(14)10-5-4-8(7-13-10)9-3-2-6-12-9/h4-5,7,9,12H,2-3,6H2,1H3. The van der Waals surface area contributed by atoms with Gasteiger partial charge in [-0.25, -0.2) is 9.78 Å². The maximum absolute atomic E-state index is 11.1. The van der Waals surface area contributed by atoms with E-state index in [0.29, 0.717) is 11.7 Å². The zero-order chi connectivity index (χ0) is 10.7. The molecule has 1 aliphatic heterocycles. The summed E-state index contributed by atoms with van der Waals surface area (Å²) < 4.78 is 4.58. The van der Waals surface area contributed by atoms with Gasteiger partial charge in [-0.1, -0.05) is 6.07 Å². The van der Waals surface area contributed by atoms with Crippen molar-refractivity contribution in [2.24, 2.45) is 0 Å². The number of esters is 1. The van der Waals surface area contributed by atoms with Crippen molar-refractivity contribution in [3.8, 4) is 0 Å². The number of methoxy groups -OCH3 is 1. The summed E-state index contributed by atoms with van der Waals surface area (Å²) in [6.45, 7) is 1.06. The van der Waals surface area contributed by atoms with Gasteiger partial charge < -0.3 is 10.1 Å². The van der Waals surface area contributed by atoms with Gasteiger partial charge in [0.1, 0.15) is 5.69 Å². The van der Waals surface area contributed by atoms with E-state index in [-0.39, 0.29) is 5.97 Å². The summed E-state index contributed by atoms with van der Waals surface area (Å²) in [6.07, 6.45) is 4.08. The van der Waals surface area contributed by atoms with Crippen LogP contribution in [0, 0.1) is 0 Å². The van der Waals surface area contributed by atoms with E-state index in [1.54, 1.807) is 12.3 Å². The molecule has 4 nitrogen and oxygen atoms in total. The quantitative estimate of drug-likeness (QED) is 0.741. The molecule has 1 aromatic heterocycles. The molecule has 80 valence electrons. The first-order valence-corrected chi connectivity index (χ1v) is 5.09. The van der Waals surface area contributed by atoms with E-state index >= 15 is 0 Å². The smallest absolute Gasteiger partial charge is 0.356 e. The first kappa shape index (κ1) is 10.1. The molecular formula is C11H14N2O2. The first-order valence-electron chi connectivity index (χ1n) is 5.09. The van der Waals surface area contributed by atoms with Crippen LogP contribution in [0.2, 0.25) is 0 Å². The minimum atomic E-state index is -0.388. The minimum Gasteiger partial charge on any atom is -0.464 e. The normalized spacial score (nSPS) is 20.2. The molecular weight excluding hydrogens is 192 g/mol. The van der Waals surface area contributed by atoms with Crippen molar-refractivity contribution in [2.45, 2.75) is 18.9 Å². The molecule has 15 heavy (non-hydrogen) atoms. The maximum atomic E-state index is 11.1. The fourth-order valence-corrected chi connectivity index (χ4v) is 1.81. The Labute approximate surface area is 88.7 Å². The molecule has 0 radical (unpaired) electrons. The summed E-state index contributed by atoms with van der Waals surface area (Å²) in [5.41, 5.74) is 1.50. The molecule has 1 unspecified atom stereocenters. The third-order valence-corrected chi connectivity index (χ3v) is 2.64. The lowest BCUT2D eigenvalue weighted by molar-refractivity contribution is 0.0594. The molecule has 0 aromatic carbocycles. The maximum Gasteiger partial charge on any atom is 0.356 e. The third kappa shape index (κ3) is 2.15. The van der Waals surface area contributed by atoms with Crippen molar-refractivity contribution in [2.75, 3.05) is 13.7 Å². The van der Waals surface area contributed by atoms with Crippen LogP contribution in [0.3, 0.4) is 0 Å². The van der Waals surface area contributed by atoms with Gasteiger partial charge in [0.15, 0.2) is 0 Å². The molecule has 0 spiro atoms. The second-order valence-corrected chi connectivity index (χ2v) is 3.62. The molecule has 1 saturated heterocycles. The molecule has 0 saturated carbocycles. The topological polar surface area (TPSA) is 51.2 Å². The summed E-state index contributed by atoms with van der Waals surface area (Å²) in [5, 5.41) is 3.38. The SMILES string of the molecule is COC(=O)c1ccc(C2CCCN2)cn1. The monoisotopic (exact) mass is 206 g/mol. The van der Waals surface area contributed by atoms with Crippen molar-refractivity contribution in [3.05, 3.63) is 29.6 Å². The van der Waals surface area contributed by atoms with Crippen molar-refractivity contribution in [1.29, 1.82) is 0 Å². The number of pyridine rings is 1. The summed E-state index contributed by atoms with van der Waals surface area (Å²) in [6, 6.07) is 4.04. The van der Waals surface area contributed by atoms with Gasteiger partial charge in [0.2, 0.25) is 0 Å². The largest absolute Gasteiger partial charge is 0.464 e. The number of ether oxygens (including phenoxy) is 1. The highest BCUT2D eigenvalue weighted by Gasteiger charge is 2.16. The number of rotatable bonds is 2. The summed E-state index contributed by atoms with van der Waals surface area (Å²) >= 11 is 0. The number of aromatic nitrogens is 1. The predicted molar refractivity (Wildman–Crippen MR) is 55.6 cm³/mol. The van der Waals surface area contributed by atoms with Crippen molar-refractivity contribution >= 4 is 5.97 Å². The Morgan fingerprint density at radius 1 is 1.60 bits per heavy atom. The molecule has 1 aromatic rings. The number of carbonyl (C=O) groups is 1. The summed E-state index contributed by atoms with van der Waals surface area (Å²) in [4.78, 5) is 15.2. The zero-order valence-electron chi connectivity index (χ0n) is 8.69. The van der Waals surface area contributed by atoms with Crippen LogP contribution >= 0.6 is 0 Å². The van der Waals surface area contributed by atoms with E-state index in [2.05, 4.69) is 15.0 Å². The zero-order valence-corrected chi connectivity index (χ0v) is 8.69. The van der Waals surface area contributed by atoms with Crippen molar-refractivity contribution in [1.82, 2.24) is 10.3 Å². The predicted octanol–water partition coefficient (Wildman–Crippen LogP) is 1.29. The van der Waals surface area contributed by atoms with Gasteiger partial charge in [-0.2, -0.15) is 0 Å². The van der Waals surface area contributed by atoms with E-state index in [4.69, 9.17) is 0 Å². The Morgan fingerprint density at radius 2 is 2.47 bits per heavy atom. The molecule has 0 bridgehead atoms. The number of carbonyl (C=O) groups excluding carboxylic acids is 1. The average molecular weight is 206 g/mol. The van der Waals surface area contributed by atoms with Gasteiger partial charge >= 0.3 is 5.97 Å². The average Bonchev–Trinajstić information content (AvgIpc) is 2.82. The molecule has 0 amide bonds. The Hall–Kier alpha value is -1.42. The van der Waals surface area contributed by atoms with E-state index in [1.807, 2.05) is 6.07 Å². The molecule has 2 heterocycles. The summed E-state index contributed by atoms with van der Waals surface area (Å²) in [5.74, 6) is -0.388. The second-order valence-electron chi connectivity index (χ2n) is 3.62. The number of nitrogens with zero attached hydrogens (tertiary/aromatic N) is 1.